The fourth-order valence-corrected chi connectivity index (χ4v) is 2.72. The molecule has 2 aromatic rings. The van der Waals surface area contributed by atoms with Crippen LogP contribution in [-0.4, -0.2) is 26.3 Å². The number of hydrogen-bond donors (Lipinski definition) is 2. The number of alkyl halides is 3. The number of nitrogens with one attached hydrogen (secondary N) is 1. The van der Waals surface area contributed by atoms with Gasteiger partial charge in [-0.25, -0.2) is 4.99 Å². The Hall–Kier alpha value is -3.10. The molecule has 6 nitrogen and oxygen atoms in total. The highest BCUT2D eigenvalue weighted by Crippen LogP contribution is 2.34. The first-order valence-corrected chi connectivity index (χ1v) is 9.25. The number of halogens is 3. The van der Waals surface area contributed by atoms with Crippen molar-refractivity contribution in [1.29, 1.82) is 0 Å². The lowest BCUT2D eigenvalue weighted by atomic mass is 10.1. The minimum absolute atomic E-state index is 0.0282. The topological polar surface area (TPSA) is 78.1 Å². The molecular weight excluding hydrogens is 399 g/mol. The van der Waals surface area contributed by atoms with E-state index in [2.05, 4.69) is 10.3 Å². The maximum atomic E-state index is 13.4. The number of nitrogens with two attached hydrogens (primary N) is 1. The van der Waals surface area contributed by atoms with Gasteiger partial charge in [0.2, 0.25) is 0 Å². The summed E-state index contributed by atoms with van der Waals surface area (Å²) in [7, 11) is 3.06. The number of rotatable bonds is 8. The molecule has 3 N–H and O–H groups in total. The van der Waals surface area contributed by atoms with Gasteiger partial charge in [-0.05, 0) is 49.2 Å². The highest BCUT2D eigenvalue weighted by atomic mass is 19.4. The van der Waals surface area contributed by atoms with Crippen molar-refractivity contribution in [1.82, 2.24) is 5.32 Å². The van der Waals surface area contributed by atoms with E-state index in [1.165, 1.54) is 26.4 Å². The van der Waals surface area contributed by atoms with Gasteiger partial charge in [-0.3, -0.25) is 0 Å². The molecule has 2 rings (SSSR count). The Balaban J connectivity index is 2.08. The maximum Gasteiger partial charge on any atom is 0.416 e. The molecule has 0 aliphatic rings. The van der Waals surface area contributed by atoms with Gasteiger partial charge in [-0.1, -0.05) is 12.1 Å². The van der Waals surface area contributed by atoms with E-state index in [9.17, 15) is 13.2 Å². The van der Waals surface area contributed by atoms with Crippen LogP contribution in [0.4, 0.5) is 13.2 Å². The molecule has 0 saturated heterocycles. The second-order valence-electron chi connectivity index (χ2n) is 6.73. The molecule has 30 heavy (non-hydrogen) atoms. The summed E-state index contributed by atoms with van der Waals surface area (Å²) in [4.78, 5) is 4.17. The van der Waals surface area contributed by atoms with E-state index >= 15 is 0 Å². The second-order valence-corrected chi connectivity index (χ2v) is 6.73. The Morgan fingerprint density at radius 1 is 1.07 bits per heavy atom. The Kier molecular flexibility index (Phi) is 7.79. The van der Waals surface area contributed by atoms with Gasteiger partial charge < -0.3 is 25.3 Å². The normalized spacial score (nSPS) is 12.1. The number of guanidine groups is 1. The standard InChI is InChI=1S/C21H26F3N3O3/c1-13(2)30-16-7-6-15(17(10-16)21(22,23)24)12-27-20(25)26-11-14-5-8-18(28-3)19(9-14)29-4/h5-10,13H,11-12H2,1-4H3,(H3,25,26,27). The van der Waals surface area contributed by atoms with E-state index in [0.29, 0.717) is 11.5 Å². The van der Waals surface area contributed by atoms with E-state index in [0.717, 1.165) is 11.6 Å². The molecule has 0 aliphatic heterocycles. The molecular formula is C21H26F3N3O3. The maximum absolute atomic E-state index is 13.4. The van der Waals surface area contributed by atoms with Crippen LogP contribution in [0.1, 0.15) is 30.5 Å². The van der Waals surface area contributed by atoms with Crippen LogP contribution >= 0.6 is 0 Å². The smallest absolute Gasteiger partial charge is 0.416 e. The fourth-order valence-electron chi connectivity index (χ4n) is 2.72. The van der Waals surface area contributed by atoms with Gasteiger partial charge in [-0.2, -0.15) is 13.2 Å². The lowest BCUT2D eigenvalue weighted by Crippen LogP contribution is -2.32. The van der Waals surface area contributed by atoms with Gasteiger partial charge in [0.15, 0.2) is 17.5 Å². The minimum atomic E-state index is -4.51. The highest BCUT2D eigenvalue weighted by Gasteiger charge is 2.33. The van der Waals surface area contributed by atoms with E-state index in [4.69, 9.17) is 19.9 Å². The number of aliphatic imine (C=N–C) groups is 1. The zero-order chi connectivity index (χ0) is 22.3. The van der Waals surface area contributed by atoms with Gasteiger partial charge in [0.05, 0.1) is 32.4 Å². The summed E-state index contributed by atoms with van der Waals surface area (Å²) in [5, 5.41) is 2.72. The van der Waals surface area contributed by atoms with Crippen molar-refractivity contribution >= 4 is 5.96 Å². The zero-order valence-electron chi connectivity index (χ0n) is 17.3. The van der Waals surface area contributed by atoms with Gasteiger partial charge in [0.25, 0.3) is 0 Å². The SMILES string of the molecule is COc1ccc(CN=C(N)NCc2ccc(OC(C)C)cc2C(F)(F)F)cc1OC. The molecule has 0 bridgehead atoms. The average molecular weight is 425 g/mol. The number of hydrogen-bond acceptors (Lipinski definition) is 4. The Morgan fingerprint density at radius 2 is 1.77 bits per heavy atom. The minimum Gasteiger partial charge on any atom is -0.493 e. The molecule has 0 radical (unpaired) electrons. The van der Waals surface area contributed by atoms with Crippen LogP contribution in [0.2, 0.25) is 0 Å². The summed E-state index contributed by atoms with van der Waals surface area (Å²) in [6, 6.07) is 9.16. The second kappa shape index (κ2) is 10.1. The predicted octanol–water partition coefficient (Wildman–Crippen LogP) is 4.11. The molecule has 9 heteroatoms. The summed E-state index contributed by atoms with van der Waals surface area (Å²) in [5.41, 5.74) is 5.90. The molecule has 0 fully saturated rings. The number of methoxy groups -OCH3 is 2. The lowest BCUT2D eigenvalue weighted by Gasteiger charge is -2.17. The van der Waals surface area contributed by atoms with E-state index < -0.39 is 11.7 Å². The predicted molar refractivity (Wildman–Crippen MR) is 109 cm³/mol. The summed E-state index contributed by atoms with van der Waals surface area (Å²) < 4.78 is 56.0. The van der Waals surface area contributed by atoms with E-state index in [-0.39, 0.29) is 36.5 Å². The molecule has 0 aromatic heterocycles. The van der Waals surface area contributed by atoms with Crippen LogP contribution in [0, 0.1) is 0 Å². The van der Waals surface area contributed by atoms with Crippen LogP contribution in [-0.2, 0) is 19.3 Å². The first kappa shape index (κ1) is 23.2. The Bertz CT molecular complexity index is 884. The van der Waals surface area contributed by atoms with Gasteiger partial charge in [0.1, 0.15) is 5.75 Å². The lowest BCUT2D eigenvalue weighted by molar-refractivity contribution is -0.138. The van der Waals surface area contributed by atoms with Gasteiger partial charge in [0, 0.05) is 6.54 Å². The number of benzene rings is 2. The highest BCUT2D eigenvalue weighted by molar-refractivity contribution is 5.77. The number of nitrogens with zero attached hydrogens (tertiary/aromatic N) is 1. The Morgan fingerprint density at radius 3 is 2.37 bits per heavy atom. The summed E-state index contributed by atoms with van der Waals surface area (Å²) in [6.07, 6.45) is -4.74. The van der Waals surface area contributed by atoms with Crippen molar-refractivity contribution in [2.45, 2.75) is 39.2 Å². The summed E-state index contributed by atoms with van der Waals surface area (Å²) >= 11 is 0. The van der Waals surface area contributed by atoms with Crippen LogP contribution in [0.25, 0.3) is 0 Å². The van der Waals surface area contributed by atoms with Crippen LogP contribution in [0.3, 0.4) is 0 Å². The average Bonchev–Trinajstić information content (AvgIpc) is 2.69. The molecule has 0 amide bonds. The third-order valence-electron chi connectivity index (χ3n) is 4.10. The van der Waals surface area contributed by atoms with E-state index in [1.807, 2.05) is 0 Å². The van der Waals surface area contributed by atoms with Crippen LogP contribution in [0.5, 0.6) is 17.2 Å². The quantitative estimate of drug-likeness (QED) is 0.492. The van der Waals surface area contributed by atoms with Crippen molar-refractivity contribution in [2.24, 2.45) is 10.7 Å². The first-order valence-electron chi connectivity index (χ1n) is 9.25. The molecule has 0 aliphatic carbocycles. The van der Waals surface area contributed by atoms with Crippen LogP contribution in [0.15, 0.2) is 41.4 Å². The fraction of sp³-hybridized carbons (Fsp3) is 0.381. The third-order valence-corrected chi connectivity index (χ3v) is 4.10. The van der Waals surface area contributed by atoms with Crippen LogP contribution < -0.4 is 25.3 Å². The van der Waals surface area contributed by atoms with Crippen molar-refractivity contribution < 1.29 is 27.4 Å². The zero-order valence-corrected chi connectivity index (χ0v) is 17.3. The van der Waals surface area contributed by atoms with Gasteiger partial charge in [-0.15, -0.1) is 0 Å². The summed E-state index contributed by atoms with van der Waals surface area (Å²) in [6.45, 7) is 3.60. The monoisotopic (exact) mass is 425 g/mol. The van der Waals surface area contributed by atoms with Crippen molar-refractivity contribution in [2.75, 3.05) is 14.2 Å². The molecule has 0 atom stereocenters. The van der Waals surface area contributed by atoms with E-state index in [1.54, 1.807) is 32.0 Å². The third kappa shape index (κ3) is 6.47. The van der Waals surface area contributed by atoms with Gasteiger partial charge >= 0.3 is 6.18 Å². The van der Waals surface area contributed by atoms with Crippen molar-refractivity contribution in [3.8, 4) is 17.2 Å². The molecule has 0 heterocycles. The summed E-state index contributed by atoms with van der Waals surface area (Å²) in [5.74, 6) is 1.33. The molecule has 164 valence electrons. The number of ether oxygens (including phenoxy) is 3. The largest absolute Gasteiger partial charge is 0.493 e. The molecule has 2 aromatic carbocycles. The molecule has 0 spiro atoms. The van der Waals surface area contributed by atoms with Crippen molar-refractivity contribution in [3.05, 3.63) is 53.1 Å². The molecule has 0 unspecified atom stereocenters. The first-order chi connectivity index (χ1) is 14.1. The van der Waals surface area contributed by atoms with Crippen molar-refractivity contribution in [3.63, 3.8) is 0 Å². The molecule has 0 saturated carbocycles. The Labute approximate surface area is 173 Å².